The van der Waals surface area contributed by atoms with Crippen molar-refractivity contribution >= 4 is 22.8 Å². The highest BCUT2D eigenvalue weighted by molar-refractivity contribution is 5.96. The first kappa shape index (κ1) is 20.3. The number of hydrazine groups is 1. The van der Waals surface area contributed by atoms with Crippen LogP contribution in [-0.4, -0.2) is 32.0 Å². The van der Waals surface area contributed by atoms with E-state index in [0.29, 0.717) is 17.2 Å². The van der Waals surface area contributed by atoms with Crippen molar-refractivity contribution in [1.82, 2.24) is 31.1 Å². The number of tetrazole rings is 1. The highest BCUT2D eigenvalue weighted by atomic mass is 16.3. The quantitative estimate of drug-likeness (QED) is 0.482. The number of rotatable bonds is 5. The smallest absolute Gasteiger partial charge is 0.269 e. The van der Waals surface area contributed by atoms with Gasteiger partial charge in [-0.1, -0.05) is 13.8 Å². The van der Waals surface area contributed by atoms with Crippen molar-refractivity contribution in [3.05, 3.63) is 71.2 Å². The molecule has 0 spiro atoms. The molecule has 31 heavy (non-hydrogen) atoms. The first-order valence-electron chi connectivity index (χ1n) is 9.85. The Balaban J connectivity index is 1.39. The first-order chi connectivity index (χ1) is 14.9. The minimum absolute atomic E-state index is 0.0894. The van der Waals surface area contributed by atoms with E-state index >= 15 is 0 Å². The molecule has 4 aromatic rings. The van der Waals surface area contributed by atoms with Crippen molar-refractivity contribution in [2.45, 2.75) is 33.1 Å². The van der Waals surface area contributed by atoms with Gasteiger partial charge in [-0.3, -0.25) is 20.4 Å². The molecular weight excluding hydrogens is 396 g/mol. The van der Waals surface area contributed by atoms with Crippen LogP contribution in [0.25, 0.3) is 16.7 Å². The number of amides is 2. The summed E-state index contributed by atoms with van der Waals surface area (Å²) in [7, 11) is 0. The van der Waals surface area contributed by atoms with E-state index < -0.39 is 5.91 Å². The average Bonchev–Trinajstić information content (AvgIpc) is 3.42. The van der Waals surface area contributed by atoms with Crippen LogP contribution in [0.3, 0.4) is 0 Å². The van der Waals surface area contributed by atoms with Gasteiger partial charge in [-0.25, -0.2) is 4.68 Å². The summed E-state index contributed by atoms with van der Waals surface area (Å²) in [6.07, 6.45) is 3.14. The molecular formula is C22H22N6O3. The summed E-state index contributed by atoms with van der Waals surface area (Å²) < 4.78 is 7.10. The van der Waals surface area contributed by atoms with Crippen molar-refractivity contribution in [3.63, 3.8) is 0 Å². The van der Waals surface area contributed by atoms with Gasteiger partial charge in [0, 0.05) is 16.5 Å². The van der Waals surface area contributed by atoms with Crippen LogP contribution in [0.5, 0.6) is 0 Å². The lowest BCUT2D eigenvalue weighted by atomic mass is 9.95. The molecule has 0 aliphatic rings. The predicted octanol–water partition coefficient (Wildman–Crippen LogP) is 2.84. The minimum Gasteiger partial charge on any atom is -0.464 e. The second kappa shape index (κ2) is 8.39. The maximum Gasteiger partial charge on any atom is 0.269 e. The molecule has 0 radical (unpaired) electrons. The molecule has 0 aliphatic heterocycles. The van der Waals surface area contributed by atoms with Gasteiger partial charge < -0.3 is 4.42 Å². The Morgan fingerprint density at radius 2 is 1.90 bits per heavy atom. The summed E-state index contributed by atoms with van der Waals surface area (Å²) in [6.45, 7) is 6.31. The van der Waals surface area contributed by atoms with Crippen molar-refractivity contribution in [1.29, 1.82) is 0 Å². The normalized spacial score (nSPS) is 11.1. The van der Waals surface area contributed by atoms with E-state index in [1.807, 2.05) is 6.07 Å². The second-order valence-electron chi connectivity index (χ2n) is 7.60. The van der Waals surface area contributed by atoms with Gasteiger partial charge in [0.2, 0.25) is 5.91 Å². The standard InChI is InChI=1S/C22H22N6O3/c1-13(2)18-10-19-16(11-31-20(19)8-14(18)3)9-21(29)24-25-22(30)15-4-6-17(7-5-15)28-12-23-26-27-28/h4-8,10-13H,9H2,1-3H3,(H,24,29)(H,25,30). The van der Waals surface area contributed by atoms with Crippen LogP contribution in [0.15, 0.2) is 53.4 Å². The Labute approximate surface area is 178 Å². The Kier molecular flexibility index (Phi) is 5.48. The second-order valence-corrected chi connectivity index (χ2v) is 7.60. The summed E-state index contributed by atoms with van der Waals surface area (Å²) in [5.41, 5.74) is 9.90. The maximum absolute atomic E-state index is 12.4. The molecule has 0 saturated carbocycles. The number of nitrogens with zero attached hydrogens (tertiary/aromatic N) is 4. The van der Waals surface area contributed by atoms with Gasteiger partial charge in [0.15, 0.2) is 0 Å². The number of carbonyl (C=O) groups is 2. The third-order valence-electron chi connectivity index (χ3n) is 5.07. The number of aromatic nitrogens is 4. The van der Waals surface area contributed by atoms with Gasteiger partial charge in [-0.15, -0.1) is 5.10 Å². The molecule has 0 saturated heterocycles. The molecule has 2 N–H and O–H groups in total. The van der Waals surface area contributed by atoms with Crippen LogP contribution < -0.4 is 10.9 Å². The van der Waals surface area contributed by atoms with Gasteiger partial charge in [0.1, 0.15) is 11.9 Å². The van der Waals surface area contributed by atoms with Crippen molar-refractivity contribution in [2.24, 2.45) is 0 Å². The monoisotopic (exact) mass is 418 g/mol. The molecule has 0 aliphatic carbocycles. The van der Waals surface area contributed by atoms with E-state index in [1.165, 1.54) is 16.6 Å². The summed E-state index contributed by atoms with van der Waals surface area (Å²) in [5, 5.41) is 11.8. The SMILES string of the molecule is Cc1cc2occ(CC(=O)NNC(=O)c3ccc(-n4cnnn4)cc3)c2cc1C(C)C. The Morgan fingerprint density at radius 1 is 1.13 bits per heavy atom. The van der Waals surface area contributed by atoms with E-state index in [1.54, 1.807) is 30.5 Å². The number of furan rings is 1. The number of benzene rings is 2. The third kappa shape index (κ3) is 4.30. The molecule has 0 fully saturated rings. The molecule has 9 nitrogen and oxygen atoms in total. The van der Waals surface area contributed by atoms with E-state index in [4.69, 9.17) is 4.42 Å². The third-order valence-corrected chi connectivity index (χ3v) is 5.07. The fourth-order valence-electron chi connectivity index (χ4n) is 3.46. The molecule has 0 atom stereocenters. The summed E-state index contributed by atoms with van der Waals surface area (Å²) in [4.78, 5) is 24.7. The van der Waals surface area contributed by atoms with Crippen LogP contribution in [0.2, 0.25) is 0 Å². The first-order valence-corrected chi connectivity index (χ1v) is 9.85. The molecule has 0 unspecified atom stereocenters. The molecule has 0 bridgehead atoms. The number of carbonyl (C=O) groups excluding carboxylic acids is 2. The molecule has 2 amide bonds. The minimum atomic E-state index is -0.425. The van der Waals surface area contributed by atoms with Gasteiger partial charge in [-0.2, -0.15) is 0 Å². The zero-order valence-electron chi connectivity index (χ0n) is 17.4. The van der Waals surface area contributed by atoms with E-state index in [0.717, 1.165) is 22.1 Å². The van der Waals surface area contributed by atoms with Gasteiger partial charge in [0.25, 0.3) is 5.91 Å². The number of aryl methyl sites for hydroxylation is 1. The van der Waals surface area contributed by atoms with Crippen molar-refractivity contribution < 1.29 is 14.0 Å². The summed E-state index contributed by atoms with van der Waals surface area (Å²) in [5.74, 6) is -0.396. The van der Waals surface area contributed by atoms with Crippen LogP contribution >= 0.6 is 0 Å². The van der Waals surface area contributed by atoms with Crippen molar-refractivity contribution in [2.75, 3.05) is 0 Å². The van der Waals surface area contributed by atoms with Gasteiger partial charge in [-0.05, 0) is 70.8 Å². The zero-order chi connectivity index (χ0) is 22.0. The molecule has 158 valence electrons. The number of nitrogens with one attached hydrogen (secondary N) is 2. The fourth-order valence-corrected chi connectivity index (χ4v) is 3.46. The Morgan fingerprint density at radius 3 is 2.58 bits per heavy atom. The molecule has 2 aromatic heterocycles. The fraction of sp³-hybridized carbons (Fsp3) is 0.227. The lowest BCUT2D eigenvalue weighted by molar-refractivity contribution is -0.121. The molecule has 2 heterocycles. The summed E-state index contributed by atoms with van der Waals surface area (Å²) in [6, 6.07) is 10.7. The number of fused-ring (bicyclic) bond motifs is 1. The van der Waals surface area contributed by atoms with Crippen LogP contribution in [-0.2, 0) is 11.2 Å². The van der Waals surface area contributed by atoms with Crippen LogP contribution in [0, 0.1) is 6.92 Å². The van der Waals surface area contributed by atoms with E-state index in [2.05, 4.69) is 53.2 Å². The maximum atomic E-state index is 12.4. The van der Waals surface area contributed by atoms with Crippen molar-refractivity contribution in [3.8, 4) is 5.69 Å². The molecule has 4 rings (SSSR count). The van der Waals surface area contributed by atoms with Crippen LogP contribution in [0.4, 0.5) is 0 Å². The van der Waals surface area contributed by atoms with E-state index in [9.17, 15) is 9.59 Å². The largest absolute Gasteiger partial charge is 0.464 e. The molecule has 9 heteroatoms. The predicted molar refractivity (Wildman–Crippen MR) is 114 cm³/mol. The topological polar surface area (TPSA) is 115 Å². The lowest BCUT2D eigenvalue weighted by Gasteiger charge is -2.10. The summed E-state index contributed by atoms with van der Waals surface area (Å²) >= 11 is 0. The van der Waals surface area contributed by atoms with Gasteiger partial charge >= 0.3 is 0 Å². The van der Waals surface area contributed by atoms with Gasteiger partial charge in [0.05, 0.1) is 18.4 Å². The molecule has 2 aromatic carbocycles. The van der Waals surface area contributed by atoms with E-state index in [-0.39, 0.29) is 12.3 Å². The number of hydrogen-bond acceptors (Lipinski definition) is 6. The Hall–Kier alpha value is -4.01. The average molecular weight is 418 g/mol. The zero-order valence-corrected chi connectivity index (χ0v) is 17.4. The lowest BCUT2D eigenvalue weighted by Crippen LogP contribution is -2.42. The highest BCUT2D eigenvalue weighted by Crippen LogP contribution is 2.29. The van der Waals surface area contributed by atoms with Crippen LogP contribution in [0.1, 0.15) is 46.8 Å². The number of hydrogen-bond donors (Lipinski definition) is 2. The Bertz CT molecular complexity index is 1230. The highest BCUT2D eigenvalue weighted by Gasteiger charge is 2.15.